The van der Waals surface area contributed by atoms with E-state index in [2.05, 4.69) is 0 Å². The Morgan fingerprint density at radius 3 is 2.77 bits per heavy atom. The summed E-state index contributed by atoms with van der Waals surface area (Å²) in [6.07, 6.45) is 0.284. The second kappa shape index (κ2) is 5.57. The molecule has 0 aliphatic carbocycles. The zero-order chi connectivity index (χ0) is 15.9. The fraction of sp³-hybridized carbons (Fsp3) is 0.133. The predicted molar refractivity (Wildman–Crippen MR) is 78.9 cm³/mol. The van der Waals surface area contributed by atoms with Gasteiger partial charge in [0, 0.05) is 11.1 Å². The molecule has 0 bridgehead atoms. The number of hydroxylamine groups is 1. The van der Waals surface area contributed by atoms with Gasteiger partial charge in [0.15, 0.2) is 0 Å². The monoisotopic (exact) mass is 322 g/mol. The Kier molecular flexibility index (Phi) is 3.74. The van der Waals surface area contributed by atoms with Crippen LogP contribution in [0.1, 0.15) is 5.56 Å². The molecule has 2 aromatic carbocycles. The van der Waals surface area contributed by atoms with Gasteiger partial charge >= 0.3 is 0 Å². The molecule has 0 saturated heterocycles. The minimum Gasteiger partial charge on any atom is -0.457 e. The van der Waals surface area contributed by atoms with Crippen molar-refractivity contribution in [3.05, 3.63) is 52.8 Å². The number of hydrogen-bond acceptors (Lipinski definition) is 4. The number of carbonyl (C=O) groups is 1. The Morgan fingerprint density at radius 2 is 2.05 bits per heavy atom. The third kappa shape index (κ3) is 2.76. The number of hydrogen-bond donors (Lipinski definition) is 2. The van der Waals surface area contributed by atoms with Crippen LogP contribution in [0.15, 0.2) is 36.4 Å². The molecule has 1 atom stereocenters. The largest absolute Gasteiger partial charge is 0.457 e. The van der Waals surface area contributed by atoms with Crippen LogP contribution in [0.3, 0.4) is 0 Å². The topological polar surface area (TPSA) is 75.8 Å². The van der Waals surface area contributed by atoms with Crippen molar-refractivity contribution in [2.24, 2.45) is 5.73 Å². The number of fused-ring (bicyclic) bond motifs is 1. The van der Waals surface area contributed by atoms with E-state index < -0.39 is 17.8 Å². The molecule has 3 rings (SSSR count). The smallest absolute Gasteiger partial charge is 0.267 e. The average molecular weight is 323 g/mol. The molecule has 1 aliphatic heterocycles. The number of halogens is 2. The third-order valence-electron chi connectivity index (χ3n) is 3.32. The van der Waals surface area contributed by atoms with Gasteiger partial charge in [0.2, 0.25) is 0 Å². The SMILES string of the molecule is N[C@H]1Cc2cc(Oc3cc(F)cc(Cl)c3)ccc2N(O)C1=O. The van der Waals surface area contributed by atoms with Crippen molar-refractivity contribution in [1.29, 1.82) is 0 Å². The van der Waals surface area contributed by atoms with Crippen LogP contribution in [0, 0.1) is 5.82 Å². The first kappa shape index (κ1) is 14.8. The van der Waals surface area contributed by atoms with Gasteiger partial charge in [-0.2, -0.15) is 5.06 Å². The van der Waals surface area contributed by atoms with Gasteiger partial charge in [-0.25, -0.2) is 4.39 Å². The standard InChI is InChI=1S/C15H12ClFN2O3/c16-9-5-10(17)7-12(6-9)22-11-1-2-14-8(3-11)4-13(18)15(20)19(14)21/h1-3,5-7,13,21H,4,18H2/t13-/m0/s1. The molecule has 7 heteroatoms. The highest BCUT2D eigenvalue weighted by atomic mass is 35.5. The van der Waals surface area contributed by atoms with Crippen molar-refractivity contribution >= 4 is 23.2 Å². The normalized spacial score (nSPS) is 17.4. The zero-order valence-electron chi connectivity index (χ0n) is 11.3. The van der Waals surface area contributed by atoms with Crippen LogP contribution in [0.5, 0.6) is 11.5 Å². The molecule has 0 saturated carbocycles. The highest BCUT2D eigenvalue weighted by Gasteiger charge is 2.29. The molecule has 114 valence electrons. The van der Waals surface area contributed by atoms with Crippen molar-refractivity contribution in [2.45, 2.75) is 12.5 Å². The predicted octanol–water partition coefficient (Wildman–Crippen LogP) is 2.88. The van der Waals surface area contributed by atoms with E-state index in [1.807, 2.05) is 0 Å². The Bertz CT molecular complexity index is 733. The summed E-state index contributed by atoms with van der Waals surface area (Å²) in [5, 5.41) is 10.5. The number of benzene rings is 2. The highest BCUT2D eigenvalue weighted by molar-refractivity contribution is 6.30. The van der Waals surface area contributed by atoms with E-state index in [1.54, 1.807) is 12.1 Å². The molecule has 3 N–H and O–H groups in total. The van der Waals surface area contributed by atoms with Crippen LogP contribution in [0.25, 0.3) is 0 Å². The number of ether oxygens (including phenoxy) is 1. The molecule has 2 aromatic rings. The first-order chi connectivity index (χ1) is 10.4. The van der Waals surface area contributed by atoms with Gasteiger partial charge in [-0.05, 0) is 42.3 Å². The van der Waals surface area contributed by atoms with E-state index in [1.165, 1.54) is 24.3 Å². The van der Waals surface area contributed by atoms with Crippen molar-refractivity contribution in [2.75, 3.05) is 5.06 Å². The van der Waals surface area contributed by atoms with Gasteiger partial charge in [0.25, 0.3) is 5.91 Å². The zero-order valence-corrected chi connectivity index (χ0v) is 12.0. The highest BCUT2D eigenvalue weighted by Crippen LogP contribution is 2.32. The minimum atomic E-state index is -0.809. The minimum absolute atomic E-state index is 0.224. The van der Waals surface area contributed by atoms with E-state index in [0.717, 1.165) is 0 Å². The van der Waals surface area contributed by atoms with E-state index in [4.69, 9.17) is 22.1 Å². The maximum Gasteiger partial charge on any atom is 0.267 e. The summed E-state index contributed by atoms with van der Waals surface area (Å²) < 4.78 is 18.8. The lowest BCUT2D eigenvalue weighted by Gasteiger charge is -2.27. The molecule has 0 spiro atoms. The summed E-state index contributed by atoms with van der Waals surface area (Å²) in [6.45, 7) is 0. The van der Waals surface area contributed by atoms with E-state index >= 15 is 0 Å². The molecule has 1 aliphatic rings. The molecule has 1 amide bonds. The van der Waals surface area contributed by atoms with Crippen molar-refractivity contribution in [1.82, 2.24) is 0 Å². The Morgan fingerprint density at radius 1 is 1.27 bits per heavy atom. The summed E-state index contributed by atoms with van der Waals surface area (Å²) in [4.78, 5) is 11.6. The lowest BCUT2D eigenvalue weighted by atomic mass is 9.99. The fourth-order valence-electron chi connectivity index (χ4n) is 2.32. The summed E-state index contributed by atoms with van der Waals surface area (Å²) in [6, 6.07) is 7.80. The lowest BCUT2D eigenvalue weighted by molar-refractivity contribution is -0.125. The molecule has 22 heavy (non-hydrogen) atoms. The number of carbonyl (C=O) groups excluding carboxylic acids is 1. The molecular weight excluding hydrogens is 311 g/mol. The molecule has 0 radical (unpaired) electrons. The van der Waals surface area contributed by atoms with Crippen LogP contribution < -0.4 is 15.5 Å². The average Bonchev–Trinajstić information content (AvgIpc) is 2.43. The molecular formula is C15H12ClFN2O3. The van der Waals surface area contributed by atoms with Gasteiger partial charge < -0.3 is 10.5 Å². The number of nitrogens with two attached hydrogens (primary N) is 1. The van der Waals surface area contributed by atoms with Crippen LogP contribution in [0.2, 0.25) is 5.02 Å². The number of rotatable bonds is 2. The Labute approximate surface area is 130 Å². The summed E-state index contributed by atoms with van der Waals surface area (Å²) in [5.74, 6) is -0.384. The van der Waals surface area contributed by atoms with Gasteiger partial charge in [-0.1, -0.05) is 11.6 Å². The summed E-state index contributed by atoms with van der Waals surface area (Å²) in [5.41, 5.74) is 6.69. The summed E-state index contributed by atoms with van der Waals surface area (Å²) >= 11 is 5.77. The number of amides is 1. The molecule has 0 fully saturated rings. The first-order valence-electron chi connectivity index (χ1n) is 6.49. The second-order valence-electron chi connectivity index (χ2n) is 4.96. The number of nitrogens with zero attached hydrogens (tertiary/aromatic N) is 1. The lowest BCUT2D eigenvalue weighted by Crippen LogP contribution is -2.47. The van der Waals surface area contributed by atoms with Gasteiger partial charge in [-0.3, -0.25) is 10.0 Å². The third-order valence-corrected chi connectivity index (χ3v) is 3.53. The first-order valence-corrected chi connectivity index (χ1v) is 6.87. The van der Waals surface area contributed by atoms with Crippen LogP contribution in [0.4, 0.5) is 10.1 Å². The number of anilines is 1. The van der Waals surface area contributed by atoms with Crippen molar-refractivity contribution in [3.63, 3.8) is 0 Å². The van der Waals surface area contributed by atoms with Crippen molar-refractivity contribution < 1.29 is 19.1 Å². The summed E-state index contributed by atoms with van der Waals surface area (Å²) in [7, 11) is 0. The van der Waals surface area contributed by atoms with Gasteiger partial charge in [-0.15, -0.1) is 0 Å². The maximum atomic E-state index is 13.3. The fourth-order valence-corrected chi connectivity index (χ4v) is 2.53. The Balaban J connectivity index is 1.91. The molecule has 0 aromatic heterocycles. The van der Waals surface area contributed by atoms with E-state index in [0.29, 0.717) is 22.1 Å². The van der Waals surface area contributed by atoms with E-state index in [-0.39, 0.29) is 17.2 Å². The molecule has 1 heterocycles. The van der Waals surface area contributed by atoms with Gasteiger partial charge in [0.1, 0.15) is 17.3 Å². The van der Waals surface area contributed by atoms with Crippen LogP contribution in [-0.4, -0.2) is 17.2 Å². The van der Waals surface area contributed by atoms with Gasteiger partial charge in [0.05, 0.1) is 11.7 Å². The van der Waals surface area contributed by atoms with Crippen molar-refractivity contribution in [3.8, 4) is 11.5 Å². The van der Waals surface area contributed by atoms with Crippen LogP contribution in [-0.2, 0) is 11.2 Å². The molecule has 0 unspecified atom stereocenters. The molecule has 5 nitrogen and oxygen atoms in total. The quantitative estimate of drug-likeness (QED) is 0.834. The Hall–Kier alpha value is -2.15. The second-order valence-corrected chi connectivity index (χ2v) is 5.39. The van der Waals surface area contributed by atoms with E-state index in [9.17, 15) is 14.4 Å². The van der Waals surface area contributed by atoms with Crippen LogP contribution >= 0.6 is 11.6 Å². The maximum absolute atomic E-state index is 13.3.